The summed E-state index contributed by atoms with van der Waals surface area (Å²) < 4.78 is 10.5. The molecule has 1 heterocycles. The molecule has 0 saturated heterocycles. The van der Waals surface area contributed by atoms with Crippen LogP contribution in [0.25, 0.3) is 11.0 Å². The zero-order chi connectivity index (χ0) is 9.97. The molecular formula is C10H12N2O2. The third-order valence-electron chi connectivity index (χ3n) is 1.83. The van der Waals surface area contributed by atoms with Crippen molar-refractivity contribution in [3.05, 3.63) is 24.3 Å². The molecular weight excluding hydrogens is 180 g/mol. The van der Waals surface area contributed by atoms with Crippen molar-refractivity contribution < 1.29 is 9.26 Å². The quantitative estimate of drug-likeness (QED) is 0.801. The van der Waals surface area contributed by atoms with Gasteiger partial charge in [0.25, 0.3) is 5.88 Å². The fraction of sp³-hybridized carbons (Fsp3) is 0.300. The first-order valence-corrected chi connectivity index (χ1v) is 4.50. The zero-order valence-electron chi connectivity index (χ0n) is 7.93. The number of fused-ring (bicyclic) bond motifs is 1. The van der Waals surface area contributed by atoms with Crippen molar-refractivity contribution in [1.29, 1.82) is 0 Å². The van der Waals surface area contributed by atoms with E-state index in [0.29, 0.717) is 12.5 Å². The standard InChI is InChI=1S/C10H12N2O2/c1-7(11)6-13-10-8-4-2-3-5-9(8)14-12-10/h2-5,7H,6,11H2,1H3. The maximum atomic E-state index is 5.57. The lowest BCUT2D eigenvalue weighted by Crippen LogP contribution is -2.23. The van der Waals surface area contributed by atoms with Crippen LogP contribution >= 0.6 is 0 Å². The molecule has 0 saturated carbocycles. The van der Waals surface area contributed by atoms with Crippen molar-refractivity contribution in [1.82, 2.24) is 5.16 Å². The molecule has 2 rings (SSSR count). The molecule has 2 N–H and O–H groups in total. The van der Waals surface area contributed by atoms with Gasteiger partial charge in [0.15, 0.2) is 5.58 Å². The molecule has 0 aliphatic carbocycles. The molecule has 0 aliphatic rings. The summed E-state index contributed by atoms with van der Waals surface area (Å²) in [6.45, 7) is 2.32. The Kier molecular flexibility index (Phi) is 2.37. The van der Waals surface area contributed by atoms with Crippen molar-refractivity contribution in [2.45, 2.75) is 13.0 Å². The normalized spacial score (nSPS) is 13.0. The van der Waals surface area contributed by atoms with Crippen molar-refractivity contribution in [2.24, 2.45) is 5.73 Å². The molecule has 2 aromatic rings. The summed E-state index contributed by atoms with van der Waals surface area (Å²) >= 11 is 0. The first-order chi connectivity index (χ1) is 6.77. The molecule has 0 bridgehead atoms. The van der Waals surface area contributed by atoms with Crippen LogP contribution in [0.15, 0.2) is 28.8 Å². The summed E-state index contributed by atoms with van der Waals surface area (Å²) in [6, 6.07) is 7.55. The van der Waals surface area contributed by atoms with Gasteiger partial charge in [-0.1, -0.05) is 12.1 Å². The highest BCUT2D eigenvalue weighted by molar-refractivity contribution is 5.81. The van der Waals surface area contributed by atoms with Gasteiger partial charge in [0, 0.05) is 6.04 Å². The van der Waals surface area contributed by atoms with Gasteiger partial charge in [-0.15, -0.1) is 0 Å². The van der Waals surface area contributed by atoms with Crippen LogP contribution in [0.4, 0.5) is 0 Å². The third-order valence-corrected chi connectivity index (χ3v) is 1.83. The second kappa shape index (κ2) is 3.67. The van der Waals surface area contributed by atoms with Crippen LogP contribution in [0, 0.1) is 0 Å². The number of aromatic nitrogens is 1. The topological polar surface area (TPSA) is 61.3 Å². The zero-order valence-corrected chi connectivity index (χ0v) is 7.93. The summed E-state index contributed by atoms with van der Waals surface area (Å²) in [7, 11) is 0. The van der Waals surface area contributed by atoms with Crippen LogP contribution in [-0.2, 0) is 0 Å². The lowest BCUT2D eigenvalue weighted by molar-refractivity contribution is 0.268. The van der Waals surface area contributed by atoms with Crippen molar-refractivity contribution in [2.75, 3.05) is 6.61 Å². The molecule has 1 unspecified atom stereocenters. The van der Waals surface area contributed by atoms with E-state index in [4.69, 9.17) is 15.0 Å². The lowest BCUT2D eigenvalue weighted by atomic mass is 10.3. The molecule has 4 heteroatoms. The van der Waals surface area contributed by atoms with E-state index >= 15 is 0 Å². The fourth-order valence-electron chi connectivity index (χ4n) is 1.18. The first kappa shape index (κ1) is 9.02. The molecule has 0 aliphatic heterocycles. The van der Waals surface area contributed by atoms with Gasteiger partial charge in [0.05, 0.1) is 5.39 Å². The summed E-state index contributed by atoms with van der Waals surface area (Å²) in [5.41, 5.74) is 6.30. The number of hydrogen-bond acceptors (Lipinski definition) is 4. The summed E-state index contributed by atoms with van der Waals surface area (Å²) in [5.74, 6) is 0.512. The van der Waals surface area contributed by atoms with Gasteiger partial charge >= 0.3 is 0 Å². The van der Waals surface area contributed by atoms with E-state index in [1.807, 2.05) is 31.2 Å². The monoisotopic (exact) mass is 192 g/mol. The number of nitrogens with zero attached hydrogens (tertiary/aromatic N) is 1. The van der Waals surface area contributed by atoms with Gasteiger partial charge in [-0.05, 0) is 24.2 Å². The van der Waals surface area contributed by atoms with E-state index in [-0.39, 0.29) is 6.04 Å². The Labute approximate surface area is 81.6 Å². The predicted octanol–water partition coefficient (Wildman–Crippen LogP) is 1.55. The molecule has 0 radical (unpaired) electrons. The van der Waals surface area contributed by atoms with Crippen molar-refractivity contribution in [3.63, 3.8) is 0 Å². The summed E-state index contributed by atoms with van der Waals surface area (Å²) in [6.07, 6.45) is 0. The molecule has 0 fully saturated rings. The van der Waals surface area contributed by atoms with E-state index in [1.54, 1.807) is 0 Å². The summed E-state index contributed by atoms with van der Waals surface area (Å²) in [5, 5.41) is 4.70. The molecule has 1 atom stereocenters. The molecule has 1 aromatic heterocycles. The number of para-hydroxylation sites is 1. The van der Waals surface area contributed by atoms with E-state index in [9.17, 15) is 0 Å². The second-order valence-electron chi connectivity index (χ2n) is 3.27. The van der Waals surface area contributed by atoms with Gasteiger partial charge in [0.1, 0.15) is 6.61 Å². The van der Waals surface area contributed by atoms with Gasteiger partial charge in [0.2, 0.25) is 0 Å². The number of nitrogens with two attached hydrogens (primary N) is 1. The minimum atomic E-state index is -0.00883. The first-order valence-electron chi connectivity index (χ1n) is 4.50. The van der Waals surface area contributed by atoms with E-state index in [0.717, 1.165) is 11.0 Å². The smallest absolute Gasteiger partial charge is 0.262 e. The SMILES string of the molecule is CC(N)COc1noc2ccccc12. The number of benzene rings is 1. The lowest BCUT2D eigenvalue weighted by Gasteiger charge is -2.04. The van der Waals surface area contributed by atoms with Gasteiger partial charge in [-0.2, -0.15) is 0 Å². The van der Waals surface area contributed by atoms with E-state index in [1.165, 1.54) is 0 Å². The average Bonchev–Trinajstić information content (AvgIpc) is 2.58. The Morgan fingerprint density at radius 1 is 1.50 bits per heavy atom. The maximum Gasteiger partial charge on any atom is 0.262 e. The van der Waals surface area contributed by atoms with Crippen LogP contribution in [0.3, 0.4) is 0 Å². The third kappa shape index (κ3) is 1.70. The number of rotatable bonds is 3. The van der Waals surface area contributed by atoms with Gasteiger partial charge in [-0.25, -0.2) is 0 Å². The van der Waals surface area contributed by atoms with E-state index in [2.05, 4.69) is 5.16 Å². The van der Waals surface area contributed by atoms with Crippen LogP contribution in [-0.4, -0.2) is 17.8 Å². The molecule has 0 spiro atoms. The Morgan fingerprint density at radius 2 is 2.29 bits per heavy atom. The highest BCUT2D eigenvalue weighted by Crippen LogP contribution is 2.23. The Morgan fingerprint density at radius 3 is 3.07 bits per heavy atom. The minimum absolute atomic E-state index is 0.00883. The van der Waals surface area contributed by atoms with Crippen LogP contribution in [0.2, 0.25) is 0 Å². The summed E-state index contributed by atoms with van der Waals surface area (Å²) in [4.78, 5) is 0. The Balaban J connectivity index is 2.25. The number of hydrogen-bond donors (Lipinski definition) is 1. The second-order valence-corrected chi connectivity index (χ2v) is 3.27. The Hall–Kier alpha value is -1.55. The van der Waals surface area contributed by atoms with Crippen molar-refractivity contribution >= 4 is 11.0 Å². The predicted molar refractivity (Wildman–Crippen MR) is 53.2 cm³/mol. The molecule has 14 heavy (non-hydrogen) atoms. The largest absolute Gasteiger partial charge is 0.473 e. The van der Waals surface area contributed by atoms with E-state index < -0.39 is 0 Å². The highest BCUT2D eigenvalue weighted by Gasteiger charge is 2.08. The fourth-order valence-corrected chi connectivity index (χ4v) is 1.18. The Bertz CT molecular complexity index is 423. The van der Waals surface area contributed by atoms with Crippen LogP contribution < -0.4 is 10.5 Å². The molecule has 0 amide bonds. The van der Waals surface area contributed by atoms with Gasteiger partial charge in [-0.3, -0.25) is 0 Å². The molecule has 74 valence electrons. The highest BCUT2D eigenvalue weighted by atomic mass is 16.5. The molecule has 1 aromatic carbocycles. The van der Waals surface area contributed by atoms with Crippen LogP contribution in [0.1, 0.15) is 6.92 Å². The van der Waals surface area contributed by atoms with Gasteiger partial charge < -0.3 is 15.0 Å². The van der Waals surface area contributed by atoms with Crippen LogP contribution in [0.5, 0.6) is 5.88 Å². The maximum absolute atomic E-state index is 5.57. The molecule has 4 nitrogen and oxygen atoms in total. The van der Waals surface area contributed by atoms with Crippen molar-refractivity contribution in [3.8, 4) is 5.88 Å². The number of ether oxygens (including phenoxy) is 1. The minimum Gasteiger partial charge on any atom is -0.473 e. The average molecular weight is 192 g/mol.